The van der Waals surface area contributed by atoms with Gasteiger partial charge in [-0.05, 0) is 117 Å². The van der Waals surface area contributed by atoms with E-state index < -0.39 is 23.6 Å². The summed E-state index contributed by atoms with van der Waals surface area (Å²) in [5.41, 5.74) is 13.3. The van der Waals surface area contributed by atoms with Crippen LogP contribution in [-0.2, 0) is 27.1 Å². The average molecular weight is 1240 g/mol. The Balaban J connectivity index is 0.000000168. The first-order chi connectivity index (χ1) is 43.5. The van der Waals surface area contributed by atoms with Crippen molar-refractivity contribution < 1.29 is 38.2 Å². The van der Waals surface area contributed by atoms with Crippen LogP contribution in [0.1, 0.15) is 112 Å². The first-order valence-corrected chi connectivity index (χ1v) is 30.2. The molecule has 3 aliphatic rings. The Morgan fingerprint density at radius 2 is 0.922 bits per heavy atom. The lowest BCUT2D eigenvalue weighted by atomic mass is 9.98. The highest BCUT2D eigenvalue weighted by atomic mass is 35.5. The van der Waals surface area contributed by atoms with Gasteiger partial charge in [0.2, 0.25) is 0 Å². The molecule has 0 atom stereocenters. The van der Waals surface area contributed by atoms with Crippen molar-refractivity contribution in [2.75, 3.05) is 92.3 Å². The number of piperazine rings is 1. The second-order valence-corrected chi connectivity index (χ2v) is 22.6. The normalized spacial score (nSPS) is 13.7. The van der Waals surface area contributed by atoms with E-state index in [-0.39, 0.29) is 40.9 Å². The number of halogens is 1. The van der Waals surface area contributed by atoms with E-state index in [0.717, 1.165) is 110 Å². The van der Waals surface area contributed by atoms with Crippen molar-refractivity contribution in [1.29, 1.82) is 0 Å². The fraction of sp³-hybridized carbons (Fsp3) is 0.328. The van der Waals surface area contributed by atoms with Crippen LogP contribution in [-0.4, -0.2) is 142 Å². The highest BCUT2D eigenvalue weighted by molar-refractivity contribution is 6.29. The van der Waals surface area contributed by atoms with E-state index in [2.05, 4.69) is 74.7 Å². The molecule has 3 fully saturated rings. The van der Waals surface area contributed by atoms with Crippen molar-refractivity contribution in [2.24, 2.45) is 0 Å². The van der Waals surface area contributed by atoms with Crippen LogP contribution >= 0.6 is 11.6 Å². The highest BCUT2D eigenvalue weighted by Crippen LogP contribution is 2.29. The number of piperidine rings is 2. The molecule has 0 unspecified atom stereocenters. The van der Waals surface area contributed by atoms with E-state index in [1.807, 2.05) is 112 Å². The molecular formula is C67H75ClN14O8. The largest absolute Gasteiger partial charge is 0.464 e. The summed E-state index contributed by atoms with van der Waals surface area (Å²) < 4.78 is 14.4. The van der Waals surface area contributed by atoms with E-state index in [4.69, 9.17) is 22.1 Å². The van der Waals surface area contributed by atoms with E-state index in [1.165, 1.54) is 58.5 Å². The van der Waals surface area contributed by atoms with Crippen molar-refractivity contribution >= 4 is 70.0 Å². The summed E-state index contributed by atoms with van der Waals surface area (Å²) in [6.45, 7) is 13.0. The molecule has 1 amide bonds. The molecule has 0 aliphatic carbocycles. The number of nitrogens with zero attached hydrogens (tertiary/aromatic N) is 11. The molecule has 22 nitrogen and oxygen atoms in total. The number of Topliss-reactive ketones (excluding diaryl/α,β-unsaturated/α-hetero) is 2. The van der Waals surface area contributed by atoms with Crippen LogP contribution in [0.5, 0.6) is 0 Å². The number of amides is 1. The van der Waals surface area contributed by atoms with Gasteiger partial charge in [-0.3, -0.25) is 14.9 Å². The predicted molar refractivity (Wildman–Crippen MR) is 347 cm³/mol. The number of benzene rings is 4. The molecule has 3 aliphatic heterocycles. The van der Waals surface area contributed by atoms with Crippen molar-refractivity contribution in [1.82, 2.24) is 45.2 Å². The van der Waals surface area contributed by atoms with Gasteiger partial charge in [0, 0.05) is 76.6 Å². The zero-order chi connectivity index (χ0) is 63.8. The Labute approximate surface area is 529 Å². The summed E-state index contributed by atoms with van der Waals surface area (Å²) in [4.78, 5) is 100. The Kier molecular flexibility index (Phi) is 24.2. The Bertz CT molecular complexity index is 3620. The molecule has 7 heterocycles. The average Bonchev–Trinajstić information content (AvgIpc) is 1.87. The number of nitrogens with two attached hydrogens (primary N) is 1. The number of ketones is 2. The van der Waals surface area contributed by atoms with Gasteiger partial charge < -0.3 is 40.0 Å². The third kappa shape index (κ3) is 19.9. The van der Waals surface area contributed by atoms with Crippen molar-refractivity contribution in [2.45, 2.75) is 77.7 Å². The van der Waals surface area contributed by atoms with E-state index >= 15 is 0 Å². The van der Waals surface area contributed by atoms with Gasteiger partial charge in [-0.1, -0.05) is 84.4 Å². The molecular weight excluding hydrogens is 1160 g/mol. The summed E-state index contributed by atoms with van der Waals surface area (Å²) in [5, 5.41) is 6.35. The van der Waals surface area contributed by atoms with Gasteiger partial charge in [-0.25, -0.2) is 54.3 Å². The van der Waals surface area contributed by atoms with Crippen molar-refractivity contribution in [3.05, 3.63) is 186 Å². The molecule has 4 aromatic carbocycles. The van der Waals surface area contributed by atoms with Gasteiger partial charge in [0.25, 0.3) is 0 Å². The number of carbonyl (C=O) groups is 5. The second kappa shape index (κ2) is 33.0. The third-order valence-electron chi connectivity index (χ3n) is 14.5. The van der Waals surface area contributed by atoms with E-state index in [1.54, 1.807) is 37.1 Å². The Morgan fingerprint density at radius 3 is 1.36 bits per heavy atom. The number of ether oxygens (including phenoxy) is 3. The molecule has 90 heavy (non-hydrogen) atoms. The summed E-state index contributed by atoms with van der Waals surface area (Å²) in [6.07, 6.45) is 19.0. The van der Waals surface area contributed by atoms with Gasteiger partial charge >= 0.3 is 18.0 Å². The van der Waals surface area contributed by atoms with Crippen LogP contribution in [0.15, 0.2) is 147 Å². The minimum absolute atomic E-state index is 0.0730. The third-order valence-corrected chi connectivity index (χ3v) is 14.7. The lowest BCUT2D eigenvalue weighted by molar-refractivity contribution is 0.0584. The zero-order valence-electron chi connectivity index (χ0n) is 51.3. The molecule has 4 N–H and O–H groups in total. The standard InChI is InChI=1S/C28H32N4O3.C22H23N5O.C11H15N3O2.C6H5ClN2O2/c1-28(2,3)35-27(34)31-23-13-12-21(20-10-6-4-7-11-20)16-22(23)17-25(33)24-18-30-26(19-29-24)32-14-8-5-9-15-32;23-19-7-6-17(16-4-2-1-3-5-16)12-18(19)13-21(28)20-14-26-22(15-25-20)27-10-8-24-9-11-27;1-16-11(15)9-7-13-10(8-12-9)14-5-3-2-4-6-14;1-11-6(10)4-2-9-5(7)3-8-4/h4,6-7,10-13,16,18-19H,5,8-9,14-15,17H2,1-3H3,(H,31,34);1-7,12,14-15,24H,8-11,13,23H2;7-8H,2-6H2,1H3;2-3H,1H3. The molecule has 11 rings (SSSR count). The van der Waals surface area contributed by atoms with Gasteiger partial charge in [-0.2, -0.15) is 0 Å². The Hall–Kier alpha value is -9.80. The van der Waals surface area contributed by atoms with Crippen LogP contribution in [0.2, 0.25) is 5.15 Å². The van der Waals surface area contributed by atoms with Crippen molar-refractivity contribution in [3.8, 4) is 22.3 Å². The number of aromatic nitrogens is 8. The fourth-order valence-electron chi connectivity index (χ4n) is 9.80. The summed E-state index contributed by atoms with van der Waals surface area (Å²) in [6, 6.07) is 31.4. The summed E-state index contributed by atoms with van der Waals surface area (Å²) in [5.74, 6) is 1.24. The fourth-order valence-corrected chi connectivity index (χ4v) is 9.89. The number of methoxy groups -OCH3 is 2. The van der Waals surface area contributed by atoms with E-state index in [0.29, 0.717) is 28.3 Å². The van der Waals surface area contributed by atoms with Crippen molar-refractivity contribution in [3.63, 3.8) is 0 Å². The number of hydrogen-bond donors (Lipinski definition) is 3. The number of esters is 2. The summed E-state index contributed by atoms with van der Waals surface area (Å²) >= 11 is 5.43. The number of anilines is 5. The minimum Gasteiger partial charge on any atom is -0.464 e. The SMILES string of the molecule is CC(C)(C)OC(=O)Nc1ccc(-c2ccccc2)cc1CC(=O)c1cnc(N2CCCCC2)cn1.COC(=O)c1cnc(Cl)cn1.COC(=O)c1cnc(N2CCCCC2)cn1.Nc1ccc(-c2ccccc2)cc1CC(=O)c1cnc(N2CCNCC2)cn1. The molecule has 468 valence electrons. The van der Waals surface area contributed by atoms with Crippen LogP contribution in [0, 0.1) is 0 Å². The zero-order valence-corrected chi connectivity index (χ0v) is 52.1. The molecule has 8 aromatic rings. The van der Waals surface area contributed by atoms with Gasteiger partial charge in [0.05, 0.1) is 63.8 Å². The predicted octanol–water partition coefficient (Wildman–Crippen LogP) is 10.6. The number of carbonyl (C=O) groups excluding carboxylic acids is 5. The minimum atomic E-state index is -0.629. The lowest BCUT2D eigenvalue weighted by Crippen LogP contribution is -2.43. The topological polar surface area (TPSA) is 276 Å². The van der Waals surface area contributed by atoms with Gasteiger partial charge in [0.15, 0.2) is 23.0 Å². The first-order valence-electron chi connectivity index (χ1n) is 29.8. The Morgan fingerprint density at radius 1 is 0.500 bits per heavy atom. The highest BCUT2D eigenvalue weighted by Gasteiger charge is 2.22. The monoisotopic (exact) mass is 1240 g/mol. The first kappa shape index (κ1) is 66.2. The van der Waals surface area contributed by atoms with Crippen LogP contribution in [0.3, 0.4) is 0 Å². The molecule has 0 radical (unpaired) electrons. The molecule has 23 heteroatoms. The van der Waals surface area contributed by atoms with Crippen LogP contribution in [0.25, 0.3) is 22.3 Å². The van der Waals surface area contributed by atoms with Crippen LogP contribution in [0.4, 0.5) is 33.6 Å². The molecule has 0 spiro atoms. The summed E-state index contributed by atoms with van der Waals surface area (Å²) in [7, 11) is 2.61. The lowest BCUT2D eigenvalue weighted by Gasteiger charge is -2.27. The maximum absolute atomic E-state index is 13.2. The van der Waals surface area contributed by atoms with E-state index in [9.17, 15) is 24.0 Å². The second-order valence-electron chi connectivity index (χ2n) is 22.2. The van der Waals surface area contributed by atoms with Crippen LogP contribution < -0.4 is 31.1 Å². The molecule has 3 saturated heterocycles. The quantitative estimate of drug-likeness (QED) is 0.0395. The van der Waals surface area contributed by atoms with Gasteiger partial charge in [-0.15, -0.1) is 0 Å². The van der Waals surface area contributed by atoms with Gasteiger partial charge in [0.1, 0.15) is 39.6 Å². The number of hydrogen-bond acceptors (Lipinski definition) is 21. The molecule has 4 aromatic heterocycles. The molecule has 0 bridgehead atoms. The number of rotatable bonds is 14. The maximum Gasteiger partial charge on any atom is 0.412 e. The number of nitrogens with one attached hydrogen (secondary N) is 2. The number of nitrogen functional groups attached to an aromatic ring is 1. The smallest absolute Gasteiger partial charge is 0.412 e. The molecule has 0 saturated carbocycles. The maximum atomic E-state index is 13.2.